The molecule has 0 radical (unpaired) electrons. The summed E-state index contributed by atoms with van der Waals surface area (Å²) in [6.45, 7) is 4.65. The van der Waals surface area contributed by atoms with Crippen LogP contribution in [0.1, 0.15) is 30.9 Å². The third-order valence-electron chi connectivity index (χ3n) is 3.65. The van der Waals surface area contributed by atoms with Gasteiger partial charge in [0.05, 0.1) is 12.6 Å². The Morgan fingerprint density at radius 1 is 1.11 bits per heavy atom. The number of hydrogen-bond donors (Lipinski definition) is 2. The van der Waals surface area contributed by atoms with E-state index in [1.165, 1.54) is 37.9 Å². The van der Waals surface area contributed by atoms with Crippen LogP contribution in [0.25, 0.3) is 0 Å². The topological polar surface area (TPSA) is 35.5 Å². The summed E-state index contributed by atoms with van der Waals surface area (Å²) in [5, 5.41) is 12.9. The first-order valence-electron chi connectivity index (χ1n) is 7.01. The largest absolute Gasteiger partial charge is 0.394 e. The Hall–Kier alpha value is -0.900. The van der Waals surface area contributed by atoms with Gasteiger partial charge in [-0.25, -0.2) is 0 Å². The lowest BCUT2D eigenvalue weighted by molar-refractivity contribution is 0.210. The molecule has 0 amide bonds. The summed E-state index contributed by atoms with van der Waals surface area (Å²) in [7, 11) is 0. The highest BCUT2D eigenvalue weighted by Gasteiger charge is 2.12. The van der Waals surface area contributed by atoms with Gasteiger partial charge in [0.1, 0.15) is 0 Å². The molecular weight excluding hydrogens is 224 g/mol. The first-order chi connectivity index (χ1) is 8.90. The Morgan fingerprint density at radius 3 is 2.50 bits per heavy atom. The summed E-state index contributed by atoms with van der Waals surface area (Å²) >= 11 is 0. The van der Waals surface area contributed by atoms with Crippen LogP contribution < -0.4 is 5.32 Å². The van der Waals surface area contributed by atoms with E-state index in [0.29, 0.717) is 0 Å². The summed E-state index contributed by atoms with van der Waals surface area (Å²) < 4.78 is 0. The molecule has 2 N–H and O–H groups in total. The SMILES string of the molecule is OC[C@@H](NCCN1CCCCC1)c1ccccc1. The highest BCUT2D eigenvalue weighted by molar-refractivity contribution is 5.18. The maximum absolute atomic E-state index is 9.44. The lowest BCUT2D eigenvalue weighted by Crippen LogP contribution is -2.37. The number of piperidine rings is 1. The van der Waals surface area contributed by atoms with Gasteiger partial charge in [-0.05, 0) is 31.5 Å². The van der Waals surface area contributed by atoms with E-state index in [2.05, 4.69) is 22.3 Å². The fourth-order valence-corrected chi connectivity index (χ4v) is 2.55. The minimum Gasteiger partial charge on any atom is -0.394 e. The molecule has 0 unspecified atom stereocenters. The highest BCUT2D eigenvalue weighted by Crippen LogP contribution is 2.12. The molecule has 0 spiro atoms. The number of likely N-dealkylation sites (tertiary alicyclic amines) is 1. The molecule has 1 aliphatic rings. The van der Waals surface area contributed by atoms with E-state index in [9.17, 15) is 5.11 Å². The van der Waals surface area contributed by atoms with Crippen LogP contribution in [0.4, 0.5) is 0 Å². The first-order valence-corrected chi connectivity index (χ1v) is 7.01. The molecule has 3 heteroatoms. The Morgan fingerprint density at radius 2 is 1.83 bits per heavy atom. The molecular formula is C15H24N2O. The predicted molar refractivity (Wildman–Crippen MR) is 74.6 cm³/mol. The van der Waals surface area contributed by atoms with Crippen molar-refractivity contribution in [3.8, 4) is 0 Å². The quantitative estimate of drug-likeness (QED) is 0.806. The van der Waals surface area contributed by atoms with E-state index in [1.54, 1.807) is 0 Å². The molecule has 1 saturated heterocycles. The number of nitrogens with zero attached hydrogens (tertiary/aromatic N) is 1. The fourth-order valence-electron chi connectivity index (χ4n) is 2.55. The summed E-state index contributed by atoms with van der Waals surface area (Å²) in [6.07, 6.45) is 4.05. The fraction of sp³-hybridized carbons (Fsp3) is 0.600. The Balaban J connectivity index is 1.73. The van der Waals surface area contributed by atoms with Crippen LogP contribution in [0.15, 0.2) is 30.3 Å². The molecule has 1 aliphatic heterocycles. The van der Waals surface area contributed by atoms with Crippen molar-refractivity contribution in [1.29, 1.82) is 0 Å². The lowest BCUT2D eigenvalue weighted by atomic mass is 10.1. The molecule has 0 bridgehead atoms. The van der Waals surface area contributed by atoms with E-state index in [0.717, 1.165) is 13.1 Å². The summed E-state index contributed by atoms with van der Waals surface area (Å²) in [4.78, 5) is 2.51. The average Bonchev–Trinajstić information content (AvgIpc) is 2.46. The molecule has 0 aliphatic carbocycles. The minimum atomic E-state index is 0.0657. The number of aliphatic hydroxyl groups is 1. The molecule has 1 aromatic carbocycles. The zero-order valence-electron chi connectivity index (χ0n) is 11.0. The third kappa shape index (κ3) is 4.09. The van der Waals surface area contributed by atoms with E-state index in [1.807, 2.05) is 18.2 Å². The van der Waals surface area contributed by atoms with E-state index >= 15 is 0 Å². The van der Waals surface area contributed by atoms with Crippen LogP contribution in [-0.2, 0) is 0 Å². The van der Waals surface area contributed by atoms with Crippen LogP contribution in [0.5, 0.6) is 0 Å². The second-order valence-electron chi connectivity index (χ2n) is 5.00. The van der Waals surface area contributed by atoms with Gasteiger partial charge in [0.15, 0.2) is 0 Å². The van der Waals surface area contributed by atoms with Crippen molar-refractivity contribution >= 4 is 0 Å². The van der Waals surface area contributed by atoms with Crippen LogP contribution in [0.2, 0.25) is 0 Å². The van der Waals surface area contributed by atoms with Gasteiger partial charge < -0.3 is 15.3 Å². The smallest absolute Gasteiger partial charge is 0.0626 e. The van der Waals surface area contributed by atoms with Gasteiger partial charge in [0, 0.05) is 13.1 Å². The van der Waals surface area contributed by atoms with E-state index < -0.39 is 0 Å². The molecule has 1 aromatic rings. The maximum Gasteiger partial charge on any atom is 0.0626 e. The van der Waals surface area contributed by atoms with Gasteiger partial charge >= 0.3 is 0 Å². The van der Waals surface area contributed by atoms with Crippen LogP contribution in [0, 0.1) is 0 Å². The molecule has 0 saturated carbocycles. The summed E-state index contributed by atoms with van der Waals surface area (Å²) in [6, 6.07) is 10.2. The van der Waals surface area contributed by atoms with Crippen molar-refractivity contribution < 1.29 is 5.11 Å². The lowest BCUT2D eigenvalue weighted by Gasteiger charge is -2.27. The van der Waals surface area contributed by atoms with E-state index in [-0.39, 0.29) is 12.6 Å². The van der Waals surface area contributed by atoms with Crippen molar-refractivity contribution in [3.63, 3.8) is 0 Å². The third-order valence-corrected chi connectivity index (χ3v) is 3.65. The second-order valence-corrected chi connectivity index (χ2v) is 5.00. The van der Waals surface area contributed by atoms with Gasteiger partial charge in [-0.1, -0.05) is 36.8 Å². The number of benzene rings is 1. The molecule has 1 atom stereocenters. The molecule has 1 heterocycles. The van der Waals surface area contributed by atoms with Crippen LogP contribution >= 0.6 is 0 Å². The average molecular weight is 248 g/mol. The zero-order valence-corrected chi connectivity index (χ0v) is 11.0. The standard InChI is InChI=1S/C15H24N2O/c18-13-15(14-7-3-1-4-8-14)16-9-12-17-10-5-2-6-11-17/h1,3-4,7-8,15-16,18H,2,5-6,9-13H2/t15-/m1/s1. The van der Waals surface area contributed by atoms with Gasteiger partial charge in [0.2, 0.25) is 0 Å². The molecule has 2 rings (SSSR count). The van der Waals surface area contributed by atoms with Gasteiger partial charge in [-0.3, -0.25) is 0 Å². The normalized spacial score (nSPS) is 18.7. The Kier molecular flexibility index (Phi) is 5.65. The summed E-state index contributed by atoms with van der Waals surface area (Å²) in [5.41, 5.74) is 1.17. The number of rotatable bonds is 6. The number of hydrogen-bond acceptors (Lipinski definition) is 3. The summed E-state index contributed by atoms with van der Waals surface area (Å²) in [5.74, 6) is 0. The van der Waals surface area contributed by atoms with Crippen molar-refractivity contribution in [3.05, 3.63) is 35.9 Å². The van der Waals surface area contributed by atoms with Crippen molar-refractivity contribution in [2.45, 2.75) is 25.3 Å². The second kappa shape index (κ2) is 7.52. The van der Waals surface area contributed by atoms with Gasteiger partial charge in [-0.2, -0.15) is 0 Å². The maximum atomic E-state index is 9.44. The number of nitrogens with one attached hydrogen (secondary N) is 1. The Labute approximate surface area is 110 Å². The minimum absolute atomic E-state index is 0.0657. The van der Waals surface area contributed by atoms with Gasteiger partial charge in [-0.15, -0.1) is 0 Å². The monoisotopic (exact) mass is 248 g/mol. The highest BCUT2D eigenvalue weighted by atomic mass is 16.3. The first kappa shape index (κ1) is 13.5. The molecule has 3 nitrogen and oxygen atoms in total. The van der Waals surface area contributed by atoms with Crippen LogP contribution in [0.3, 0.4) is 0 Å². The van der Waals surface area contributed by atoms with Crippen molar-refractivity contribution in [1.82, 2.24) is 10.2 Å². The predicted octanol–water partition coefficient (Wildman–Crippen LogP) is 1.80. The number of aliphatic hydroxyl groups excluding tert-OH is 1. The van der Waals surface area contributed by atoms with Crippen molar-refractivity contribution in [2.24, 2.45) is 0 Å². The van der Waals surface area contributed by atoms with E-state index in [4.69, 9.17) is 0 Å². The Bertz CT molecular complexity index is 323. The molecule has 18 heavy (non-hydrogen) atoms. The van der Waals surface area contributed by atoms with Crippen molar-refractivity contribution in [2.75, 3.05) is 32.8 Å². The van der Waals surface area contributed by atoms with Gasteiger partial charge in [0.25, 0.3) is 0 Å². The molecule has 1 fully saturated rings. The zero-order chi connectivity index (χ0) is 12.6. The molecule has 100 valence electrons. The van der Waals surface area contributed by atoms with Crippen LogP contribution in [-0.4, -0.2) is 42.8 Å². The molecule has 0 aromatic heterocycles.